The molecule has 2 heterocycles. The van der Waals surface area contributed by atoms with E-state index >= 15 is 0 Å². The standard InChI is InChI=1S/C16H24N2O/c1-13(17-7-10-18-8-2-3-9-18)14-4-5-16-15(12-14)6-11-19-16/h4-5,12-13,17H,2-3,6-11H2,1H3. The van der Waals surface area contributed by atoms with Crippen LogP contribution in [0.4, 0.5) is 0 Å². The van der Waals surface area contributed by atoms with Gasteiger partial charge >= 0.3 is 0 Å². The number of nitrogens with one attached hydrogen (secondary N) is 1. The summed E-state index contributed by atoms with van der Waals surface area (Å²) in [5.41, 5.74) is 2.75. The molecule has 2 aliphatic heterocycles. The average Bonchev–Trinajstić information content (AvgIpc) is 3.08. The normalized spacial score (nSPS) is 20.3. The number of benzene rings is 1. The van der Waals surface area contributed by atoms with Crippen LogP contribution in [-0.4, -0.2) is 37.7 Å². The Morgan fingerprint density at radius 1 is 1.32 bits per heavy atom. The van der Waals surface area contributed by atoms with E-state index < -0.39 is 0 Å². The molecular weight excluding hydrogens is 236 g/mol. The molecule has 1 fully saturated rings. The lowest BCUT2D eigenvalue weighted by atomic mass is 10.0. The molecule has 0 amide bonds. The highest BCUT2D eigenvalue weighted by Gasteiger charge is 2.15. The maximum atomic E-state index is 5.55. The molecule has 2 aliphatic rings. The van der Waals surface area contributed by atoms with Crippen molar-refractivity contribution in [3.8, 4) is 5.75 Å². The summed E-state index contributed by atoms with van der Waals surface area (Å²) in [5, 5.41) is 3.63. The third kappa shape index (κ3) is 3.10. The van der Waals surface area contributed by atoms with Gasteiger partial charge in [0.25, 0.3) is 0 Å². The quantitative estimate of drug-likeness (QED) is 0.879. The van der Waals surface area contributed by atoms with Crippen LogP contribution < -0.4 is 10.1 Å². The van der Waals surface area contributed by atoms with Crippen molar-refractivity contribution in [1.29, 1.82) is 0 Å². The van der Waals surface area contributed by atoms with E-state index in [4.69, 9.17) is 4.74 Å². The van der Waals surface area contributed by atoms with Crippen LogP contribution in [0.5, 0.6) is 5.75 Å². The zero-order valence-electron chi connectivity index (χ0n) is 11.8. The van der Waals surface area contributed by atoms with Crippen LogP contribution >= 0.6 is 0 Å². The summed E-state index contributed by atoms with van der Waals surface area (Å²) in [6.45, 7) is 7.92. The first-order valence-corrected chi connectivity index (χ1v) is 7.54. The summed E-state index contributed by atoms with van der Waals surface area (Å²) in [7, 11) is 0. The molecule has 0 aliphatic carbocycles. The van der Waals surface area contributed by atoms with Crippen LogP contribution in [-0.2, 0) is 6.42 Å². The highest BCUT2D eigenvalue weighted by molar-refractivity contribution is 5.40. The van der Waals surface area contributed by atoms with E-state index in [2.05, 4.69) is 35.3 Å². The molecule has 1 N–H and O–H groups in total. The van der Waals surface area contributed by atoms with Crippen molar-refractivity contribution in [2.24, 2.45) is 0 Å². The minimum absolute atomic E-state index is 0.425. The highest BCUT2D eigenvalue weighted by atomic mass is 16.5. The van der Waals surface area contributed by atoms with Crippen LogP contribution in [0, 0.1) is 0 Å². The third-order valence-corrected chi connectivity index (χ3v) is 4.29. The highest BCUT2D eigenvalue weighted by Crippen LogP contribution is 2.27. The number of nitrogens with zero attached hydrogens (tertiary/aromatic N) is 1. The fourth-order valence-electron chi connectivity index (χ4n) is 3.04. The zero-order chi connectivity index (χ0) is 13.1. The Morgan fingerprint density at radius 3 is 3.00 bits per heavy atom. The molecule has 3 nitrogen and oxygen atoms in total. The van der Waals surface area contributed by atoms with Crippen molar-refractivity contribution in [2.45, 2.75) is 32.2 Å². The largest absolute Gasteiger partial charge is 0.493 e. The Balaban J connectivity index is 1.50. The molecule has 1 unspecified atom stereocenters. The Hall–Kier alpha value is -1.06. The smallest absolute Gasteiger partial charge is 0.122 e. The van der Waals surface area contributed by atoms with Gasteiger partial charge in [0.2, 0.25) is 0 Å². The summed E-state index contributed by atoms with van der Waals surface area (Å²) in [6.07, 6.45) is 3.81. The maximum absolute atomic E-state index is 5.55. The van der Waals surface area contributed by atoms with Gasteiger partial charge < -0.3 is 15.0 Å². The Bertz CT molecular complexity index is 427. The molecule has 0 bridgehead atoms. The fraction of sp³-hybridized carbons (Fsp3) is 0.625. The Labute approximate surface area is 115 Å². The van der Waals surface area contributed by atoms with Gasteiger partial charge in [-0.15, -0.1) is 0 Å². The lowest BCUT2D eigenvalue weighted by molar-refractivity contribution is 0.330. The number of fused-ring (bicyclic) bond motifs is 1. The molecule has 104 valence electrons. The SMILES string of the molecule is CC(NCCN1CCCC1)c1ccc2c(c1)CCO2. The summed E-state index contributed by atoms with van der Waals surface area (Å²) in [4.78, 5) is 2.55. The Morgan fingerprint density at radius 2 is 2.16 bits per heavy atom. The second-order valence-electron chi connectivity index (χ2n) is 5.69. The molecule has 0 saturated carbocycles. The first-order chi connectivity index (χ1) is 9.33. The topological polar surface area (TPSA) is 24.5 Å². The van der Waals surface area contributed by atoms with Crippen LogP contribution in [0.15, 0.2) is 18.2 Å². The Kier molecular flexibility index (Phi) is 4.04. The molecular formula is C16H24N2O. The van der Waals surface area contributed by atoms with Crippen LogP contribution in [0.2, 0.25) is 0 Å². The van der Waals surface area contributed by atoms with E-state index in [1.54, 1.807) is 0 Å². The summed E-state index contributed by atoms with van der Waals surface area (Å²) < 4.78 is 5.55. The van der Waals surface area contributed by atoms with Gasteiger partial charge in [0, 0.05) is 25.6 Å². The molecule has 1 atom stereocenters. The predicted octanol–water partition coefficient (Wildman–Crippen LogP) is 2.37. The maximum Gasteiger partial charge on any atom is 0.122 e. The molecule has 19 heavy (non-hydrogen) atoms. The monoisotopic (exact) mass is 260 g/mol. The van der Waals surface area contributed by atoms with Gasteiger partial charge in [-0.1, -0.05) is 12.1 Å². The second kappa shape index (κ2) is 5.93. The number of rotatable bonds is 5. The number of likely N-dealkylation sites (tertiary alicyclic amines) is 1. The van der Waals surface area contributed by atoms with Crippen molar-refractivity contribution >= 4 is 0 Å². The lowest BCUT2D eigenvalue weighted by Crippen LogP contribution is -2.31. The number of ether oxygens (including phenoxy) is 1. The van der Waals surface area contributed by atoms with Gasteiger partial charge in [-0.3, -0.25) is 0 Å². The molecule has 0 radical (unpaired) electrons. The van der Waals surface area contributed by atoms with E-state index in [-0.39, 0.29) is 0 Å². The van der Waals surface area contributed by atoms with Crippen molar-refractivity contribution in [3.05, 3.63) is 29.3 Å². The summed E-state index contributed by atoms with van der Waals surface area (Å²) in [6, 6.07) is 7.04. The number of hydrogen-bond donors (Lipinski definition) is 1. The first-order valence-electron chi connectivity index (χ1n) is 7.54. The van der Waals surface area contributed by atoms with E-state index in [9.17, 15) is 0 Å². The summed E-state index contributed by atoms with van der Waals surface area (Å²) >= 11 is 0. The molecule has 3 heteroatoms. The van der Waals surface area contributed by atoms with Crippen LogP contribution in [0.3, 0.4) is 0 Å². The van der Waals surface area contributed by atoms with Crippen molar-refractivity contribution in [1.82, 2.24) is 10.2 Å². The average molecular weight is 260 g/mol. The molecule has 1 aromatic carbocycles. The molecule has 1 saturated heterocycles. The van der Waals surface area contributed by atoms with Crippen molar-refractivity contribution in [2.75, 3.05) is 32.8 Å². The zero-order valence-corrected chi connectivity index (χ0v) is 11.8. The molecule has 0 aromatic heterocycles. The first kappa shape index (κ1) is 12.9. The summed E-state index contributed by atoms with van der Waals surface area (Å²) in [5.74, 6) is 1.08. The van der Waals surface area contributed by atoms with Gasteiger partial charge in [0.15, 0.2) is 0 Å². The molecule has 3 rings (SSSR count). The van der Waals surface area contributed by atoms with E-state index in [0.717, 1.165) is 25.3 Å². The fourth-order valence-corrected chi connectivity index (χ4v) is 3.04. The minimum Gasteiger partial charge on any atom is -0.493 e. The second-order valence-corrected chi connectivity index (χ2v) is 5.69. The van der Waals surface area contributed by atoms with E-state index in [0.29, 0.717) is 6.04 Å². The molecule has 0 spiro atoms. The van der Waals surface area contributed by atoms with Crippen molar-refractivity contribution in [3.63, 3.8) is 0 Å². The van der Waals surface area contributed by atoms with Gasteiger partial charge in [-0.25, -0.2) is 0 Å². The minimum atomic E-state index is 0.425. The van der Waals surface area contributed by atoms with Gasteiger partial charge in [-0.2, -0.15) is 0 Å². The van der Waals surface area contributed by atoms with Crippen LogP contribution in [0.25, 0.3) is 0 Å². The third-order valence-electron chi connectivity index (χ3n) is 4.29. The predicted molar refractivity (Wildman–Crippen MR) is 77.7 cm³/mol. The lowest BCUT2D eigenvalue weighted by Gasteiger charge is -2.19. The van der Waals surface area contributed by atoms with Crippen LogP contribution in [0.1, 0.15) is 36.9 Å². The van der Waals surface area contributed by atoms with E-state index in [1.165, 1.54) is 43.6 Å². The van der Waals surface area contributed by atoms with Gasteiger partial charge in [0.05, 0.1) is 6.61 Å². The van der Waals surface area contributed by atoms with Crippen molar-refractivity contribution < 1.29 is 4.74 Å². The van der Waals surface area contributed by atoms with Gasteiger partial charge in [-0.05, 0) is 50.0 Å². The molecule has 1 aromatic rings. The number of hydrogen-bond acceptors (Lipinski definition) is 3. The van der Waals surface area contributed by atoms with Gasteiger partial charge in [0.1, 0.15) is 5.75 Å². The van der Waals surface area contributed by atoms with E-state index in [1.807, 2.05) is 0 Å².